The SMILES string of the molecule is COCCn1c(CBr)nnc1Cc1ccccc1. The first kappa shape index (κ1) is 13.2. The van der Waals surface area contributed by atoms with Crippen molar-refractivity contribution in [3.8, 4) is 0 Å². The average Bonchev–Trinajstić information content (AvgIpc) is 2.79. The highest BCUT2D eigenvalue weighted by Gasteiger charge is 2.11. The first-order valence-corrected chi connectivity index (χ1v) is 6.97. The van der Waals surface area contributed by atoms with Crippen LogP contribution in [0.3, 0.4) is 0 Å². The van der Waals surface area contributed by atoms with Crippen LogP contribution in [0, 0.1) is 0 Å². The summed E-state index contributed by atoms with van der Waals surface area (Å²) in [5.41, 5.74) is 1.24. The Morgan fingerprint density at radius 2 is 1.89 bits per heavy atom. The van der Waals surface area contributed by atoms with Crippen LogP contribution >= 0.6 is 15.9 Å². The van der Waals surface area contributed by atoms with Crippen LogP contribution < -0.4 is 0 Å². The number of nitrogens with zero attached hydrogens (tertiary/aromatic N) is 3. The van der Waals surface area contributed by atoms with Crippen molar-refractivity contribution in [1.29, 1.82) is 0 Å². The van der Waals surface area contributed by atoms with Crippen molar-refractivity contribution < 1.29 is 4.74 Å². The van der Waals surface area contributed by atoms with Gasteiger partial charge in [-0.15, -0.1) is 10.2 Å². The third-order valence-corrected chi connectivity index (χ3v) is 3.25. The molecular formula is C13H16BrN3O. The summed E-state index contributed by atoms with van der Waals surface area (Å²) in [5, 5.41) is 9.16. The fraction of sp³-hybridized carbons (Fsp3) is 0.385. The topological polar surface area (TPSA) is 39.9 Å². The van der Waals surface area contributed by atoms with E-state index < -0.39 is 0 Å². The summed E-state index contributed by atoms with van der Waals surface area (Å²) in [6.45, 7) is 1.45. The van der Waals surface area contributed by atoms with Gasteiger partial charge in [-0.25, -0.2) is 0 Å². The molecule has 0 radical (unpaired) electrons. The first-order chi connectivity index (χ1) is 8.85. The van der Waals surface area contributed by atoms with E-state index in [0.29, 0.717) is 11.9 Å². The van der Waals surface area contributed by atoms with Gasteiger partial charge in [0.2, 0.25) is 0 Å². The summed E-state index contributed by atoms with van der Waals surface area (Å²) in [7, 11) is 1.70. The molecule has 0 aliphatic rings. The largest absolute Gasteiger partial charge is 0.383 e. The normalized spacial score (nSPS) is 10.8. The summed E-state index contributed by atoms with van der Waals surface area (Å²) in [6, 6.07) is 10.3. The van der Waals surface area contributed by atoms with Gasteiger partial charge in [0.05, 0.1) is 11.9 Å². The zero-order chi connectivity index (χ0) is 12.8. The van der Waals surface area contributed by atoms with Crippen LogP contribution in [0.2, 0.25) is 0 Å². The second-order valence-electron chi connectivity index (χ2n) is 3.97. The summed E-state index contributed by atoms with van der Waals surface area (Å²) >= 11 is 3.43. The van der Waals surface area contributed by atoms with Gasteiger partial charge in [-0.3, -0.25) is 0 Å². The van der Waals surface area contributed by atoms with Crippen LogP contribution in [-0.4, -0.2) is 28.5 Å². The lowest BCUT2D eigenvalue weighted by molar-refractivity contribution is 0.185. The lowest BCUT2D eigenvalue weighted by atomic mass is 10.1. The minimum atomic E-state index is 0.666. The Morgan fingerprint density at radius 1 is 1.17 bits per heavy atom. The van der Waals surface area contributed by atoms with Gasteiger partial charge in [-0.1, -0.05) is 46.3 Å². The molecule has 4 nitrogen and oxygen atoms in total. The van der Waals surface area contributed by atoms with E-state index in [0.717, 1.165) is 24.6 Å². The van der Waals surface area contributed by atoms with Crippen molar-refractivity contribution in [2.24, 2.45) is 0 Å². The molecule has 0 N–H and O–H groups in total. The highest BCUT2D eigenvalue weighted by molar-refractivity contribution is 9.08. The fourth-order valence-corrected chi connectivity index (χ4v) is 2.24. The Bertz CT molecular complexity index is 484. The molecule has 0 atom stereocenters. The number of methoxy groups -OCH3 is 1. The highest BCUT2D eigenvalue weighted by Crippen LogP contribution is 2.11. The van der Waals surface area contributed by atoms with E-state index in [1.807, 2.05) is 18.2 Å². The van der Waals surface area contributed by atoms with Crippen molar-refractivity contribution in [3.63, 3.8) is 0 Å². The van der Waals surface area contributed by atoms with Crippen molar-refractivity contribution in [2.75, 3.05) is 13.7 Å². The van der Waals surface area contributed by atoms with E-state index in [1.54, 1.807) is 7.11 Å². The highest BCUT2D eigenvalue weighted by atomic mass is 79.9. The van der Waals surface area contributed by atoms with Gasteiger partial charge in [-0.2, -0.15) is 0 Å². The summed E-state index contributed by atoms with van der Waals surface area (Å²) in [4.78, 5) is 0. The first-order valence-electron chi connectivity index (χ1n) is 5.85. The van der Waals surface area contributed by atoms with Crippen LogP contribution in [0.1, 0.15) is 17.2 Å². The predicted octanol–water partition coefficient (Wildman–Crippen LogP) is 2.41. The monoisotopic (exact) mass is 309 g/mol. The Labute approximate surface area is 115 Å². The van der Waals surface area contributed by atoms with Crippen LogP contribution in [0.4, 0.5) is 0 Å². The van der Waals surface area contributed by atoms with Crippen molar-refractivity contribution in [3.05, 3.63) is 47.5 Å². The molecule has 2 rings (SSSR count). The molecule has 0 aliphatic carbocycles. The molecule has 0 amide bonds. The van der Waals surface area contributed by atoms with Gasteiger partial charge < -0.3 is 9.30 Å². The number of hydrogen-bond donors (Lipinski definition) is 0. The minimum Gasteiger partial charge on any atom is -0.383 e. The van der Waals surface area contributed by atoms with E-state index in [2.05, 4.69) is 42.8 Å². The third kappa shape index (κ3) is 3.17. The molecule has 0 saturated carbocycles. The molecule has 0 saturated heterocycles. The number of halogens is 1. The minimum absolute atomic E-state index is 0.666. The quantitative estimate of drug-likeness (QED) is 0.769. The number of ether oxygens (including phenoxy) is 1. The van der Waals surface area contributed by atoms with Gasteiger partial charge in [0.1, 0.15) is 11.6 Å². The second-order valence-corrected chi connectivity index (χ2v) is 4.53. The Hall–Kier alpha value is -1.20. The number of benzene rings is 1. The Balaban J connectivity index is 2.19. The molecule has 1 aromatic heterocycles. The zero-order valence-electron chi connectivity index (χ0n) is 10.3. The number of alkyl halides is 1. The number of rotatable bonds is 6. The number of aromatic nitrogens is 3. The van der Waals surface area contributed by atoms with Gasteiger partial charge >= 0.3 is 0 Å². The second kappa shape index (κ2) is 6.66. The van der Waals surface area contributed by atoms with E-state index in [4.69, 9.17) is 4.74 Å². The molecule has 18 heavy (non-hydrogen) atoms. The van der Waals surface area contributed by atoms with E-state index in [-0.39, 0.29) is 0 Å². The Morgan fingerprint density at radius 3 is 2.56 bits per heavy atom. The Kier molecular flexibility index (Phi) is 4.90. The molecule has 96 valence electrons. The summed E-state index contributed by atoms with van der Waals surface area (Å²) < 4.78 is 7.24. The molecule has 2 aromatic rings. The smallest absolute Gasteiger partial charge is 0.143 e. The summed E-state index contributed by atoms with van der Waals surface area (Å²) in [6.07, 6.45) is 0.796. The molecule has 0 spiro atoms. The van der Waals surface area contributed by atoms with Crippen LogP contribution in [0.15, 0.2) is 30.3 Å². The van der Waals surface area contributed by atoms with Crippen LogP contribution in [0.25, 0.3) is 0 Å². The van der Waals surface area contributed by atoms with Crippen LogP contribution in [-0.2, 0) is 23.0 Å². The van der Waals surface area contributed by atoms with Gasteiger partial charge in [0, 0.05) is 20.1 Å². The van der Waals surface area contributed by atoms with E-state index in [1.165, 1.54) is 5.56 Å². The molecular weight excluding hydrogens is 294 g/mol. The molecule has 0 aliphatic heterocycles. The third-order valence-electron chi connectivity index (χ3n) is 2.75. The fourth-order valence-electron chi connectivity index (χ4n) is 1.82. The molecule has 1 heterocycles. The summed E-state index contributed by atoms with van der Waals surface area (Å²) in [5.74, 6) is 1.92. The van der Waals surface area contributed by atoms with Crippen LogP contribution in [0.5, 0.6) is 0 Å². The van der Waals surface area contributed by atoms with Crippen molar-refractivity contribution in [2.45, 2.75) is 18.3 Å². The predicted molar refractivity (Wildman–Crippen MR) is 73.8 cm³/mol. The van der Waals surface area contributed by atoms with Gasteiger partial charge in [0.25, 0.3) is 0 Å². The molecule has 1 aromatic carbocycles. The van der Waals surface area contributed by atoms with E-state index in [9.17, 15) is 0 Å². The maximum atomic E-state index is 5.13. The van der Waals surface area contributed by atoms with Gasteiger partial charge in [-0.05, 0) is 5.56 Å². The van der Waals surface area contributed by atoms with Crippen molar-refractivity contribution >= 4 is 15.9 Å². The standard InChI is InChI=1S/C13H16BrN3O/c1-18-8-7-17-12(15-16-13(17)10-14)9-11-5-3-2-4-6-11/h2-6H,7-10H2,1H3. The van der Waals surface area contributed by atoms with Gasteiger partial charge in [0.15, 0.2) is 0 Å². The van der Waals surface area contributed by atoms with Crippen molar-refractivity contribution in [1.82, 2.24) is 14.8 Å². The van der Waals surface area contributed by atoms with E-state index >= 15 is 0 Å². The molecule has 0 fully saturated rings. The molecule has 0 bridgehead atoms. The molecule has 5 heteroatoms. The maximum absolute atomic E-state index is 5.13. The lowest BCUT2D eigenvalue weighted by Crippen LogP contribution is -2.11. The number of hydrogen-bond acceptors (Lipinski definition) is 3. The zero-order valence-corrected chi connectivity index (χ0v) is 11.9. The maximum Gasteiger partial charge on any atom is 0.143 e. The molecule has 0 unspecified atom stereocenters. The lowest BCUT2D eigenvalue weighted by Gasteiger charge is -2.08. The average molecular weight is 310 g/mol.